The van der Waals surface area contributed by atoms with Crippen LogP contribution >= 0.6 is 0 Å². The van der Waals surface area contributed by atoms with E-state index in [1.165, 1.54) is 17.1 Å². The number of benzene rings is 4. The van der Waals surface area contributed by atoms with Gasteiger partial charge in [-0.1, -0.05) is 41.8 Å². The third kappa shape index (κ3) is 11.8. The number of amides is 4. The van der Waals surface area contributed by atoms with Crippen LogP contribution in [0.1, 0.15) is 124 Å². The maximum atomic E-state index is 13.3. The highest BCUT2D eigenvalue weighted by Gasteiger charge is 2.35. The minimum atomic E-state index is -1.16. The van der Waals surface area contributed by atoms with Gasteiger partial charge in [0.2, 0.25) is 12.2 Å². The number of aliphatic carboxylic acids is 1. The molecule has 0 unspecified atom stereocenters. The van der Waals surface area contributed by atoms with Crippen LogP contribution in [-0.2, 0) is 14.3 Å². The summed E-state index contributed by atoms with van der Waals surface area (Å²) in [4.78, 5) is 76.2. The molecule has 4 aromatic rings. The van der Waals surface area contributed by atoms with Gasteiger partial charge in [-0.3, -0.25) is 30.0 Å². The van der Waals surface area contributed by atoms with E-state index in [0.29, 0.717) is 45.1 Å². The van der Waals surface area contributed by atoms with Gasteiger partial charge < -0.3 is 28.8 Å². The van der Waals surface area contributed by atoms with E-state index < -0.39 is 47.0 Å². The summed E-state index contributed by atoms with van der Waals surface area (Å²) in [6.07, 6.45) is -2.08. The molecule has 0 radical (unpaired) electrons. The fraction of sp³-hybridized carbons (Fsp3) is 0.400. The first-order valence-electron chi connectivity index (χ1n) is 20.9. The number of methoxy groups -OCH3 is 1. The van der Waals surface area contributed by atoms with Crippen molar-refractivity contribution in [2.45, 2.75) is 114 Å². The van der Waals surface area contributed by atoms with Crippen LogP contribution in [0, 0.1) is 41.5 Å². The maximum Gasteiger partial charge on any atom is 0.350 e. The Hall–Kier alpha value is -7.10. The van der Waals surface area contributed by atoms with Gasteiger partial charge in [-0.05, 0) is 132 Å². The molecule has 2 aliphatic heterocycles. The van der Waals surface area contributed by atoms with Crippen molar-refractivity contribution in [3.05, 3.63) is 116 Å². The highest BCUT2D eigenvalue weighted by Crippen LogP contribution is 2.38. The average molecular weight is 911 g/mol. The molecule has 0 spiro atoms. The Morgan fingerprint density at radius 2 is 0.939 bits per heavy atom. The Labute approximate surface area is 386 Å². The fourth-order valence-corrected chi connectivity index (χ4v) is 7.22. The summed E-state index contributed by atoms with van der Waals surface area (Å²) >= 11 is 0. The number of fused-ring (bicyclic) bond motifs is 2. The SMILES string of the molecule is C.COC(=O)[C@H]1COc2ccc(C(=O)NN(C(=O)c3cc(C)cc(C)c3)C(C)(C)C)c(C)c2O1.Cc1cc(C)cc(C(=O)N(NC(=O)c2ccc3c(c2C)O[C@@H](C(=O)O)CO3)C(C)(C)C)c1. The normalized spacial score (nSPS) is 14.8. The van der Waals surface area contributed by atoms with Gasteiger partial charge >= 0.3 is 11.9 Å². The molecule has 16 heteroatoms. The quantitative estimate of drug-likeness (QED) is 0.127. The number of nitrogens with one attached hydrogen (secondary N) is 2. The summed E-state index contributed by atoms with van der Waals surface area (Å²) in [6.45, 7) is 21.9. The summed E-state index contributed by atoms with van der Waals surface area (Å²) < 4.78 is 27.1. The van der Waals surface area contributed by atoms with E-state index in [-0.39, 0.29) is 43.8 Å². The number of nitrogens with zero attached hydrogens (tertiary/aromatic N) is 2. The third-order valence-corrected chi connectivity index (χ3v) is 10.4. The molecule has 3 N–H and O–H groups in total. The van der Waals surface area contributed by atoms with Crippen molar-refractivity contribution in [1.82, 2.24) is 20.9 Å². The van der Waals surface area contributed by atoms with Crippen LogP contribution in [-0.4, -0.2) is 94.3 Å². The lowest BCUT2D eigenvalue weighted by Crippen LogP contribution is -2.56. The summed E-state index contributed by atoms with van der Waals surface area (Å²) in [7, 11) is 1.27. The highest BCUT2D eigenvalue weighted by molar-refractivity contribution is 6.02. The molecule has 0 saturated heterocycles. The molecule has 0 aliphatic carbocycles. The number of rotatable bonds is 6. The van der Waals surface area contributed by atoms with Crippen molar-refractivity contribution in [2.75, 3.05) is 20.3 Å². The number of hydrogen-bond donors (Lipinski definition) is 3. The number of carbonyl (C=O) groups is 6. The second-order valence-corrected chi connectivity index (χ2v) is 18.1. The first-order valence-corrected chi connectivity index (χ1v) is 20.9. The number of hydrogen-bond acceptors (Lipinski definition) is 11. The van der Waals surface area contributed by atoms with E-state index in [1.807, 2.05) is 81.4 Å². The second-order valence-electron chi connectivity index (χ2n) is 18.1. The summed E-state index contributed by atoms with van der Waals surface area (Å²) in [6, 6.07) is 17.4. The Morgan fingerprint density at radius 1 is 0.591 bits per heavy atom. The monoisotopic (exact) mass is 910 g/mol. The molecular formula is C50H62N4O12. The van der Waals surface area contributed by atoms with E-state index in [9.17, 15) is 33.9 Å². The standard InChI is InChI=1S/C25H30N2O6.C24H28N2O6.CH4/c1-14-10-15(2)12-17(11-14)23(29)27(25(4,5)6)26-22(28)18-8-9-19-21(16(18)3)33-20(13-32-19)24(30)31-7;1-13-9-14(2)11-16(10-13)22(28)26(24(4,5)6)25-21(27)17-7-8-18-20(15(17)3)32-19(12-31-18)23(29)30;/h8-12,20H,13H2,1-7H3,(H,26,28);7-11,19H,12H2,1-6H3,(H,25,27)(H,29,30);1H4/t20-;19-;/m11./s1. The lowest BCUT2D eigenvalue weighted by Gasteiger charge is -2.36. The van der Waals surface area contributed by atoms with Crippen LogP contribution in [0.5, 0.6) is 23.0 Å². The number of esters is 1. The van der Waals surface area contributed by atoms with Crippen molar-refractivity contribution in [1.29, 1.82) is 0 Å². The number of aryl methyl sites for hydroxylation is 4. The predicted molar refractivity (Wildman–Crippen MR) is 247 cm³/mol. The van der Waals surface area contributed by atoms with Crippen molar-refractivity contribution in [2.24, 2.45) is 0 Å². The smallest absolute Gasteiger partial charge is 0.350 e. The van der Waals surface area contributed by atoms with Crippen LogP contribution in [0.15, 0.2) is 60.7 Å². The van der Waals surface area contributed by atoms with E-state index in [2.05, 4.69) is 10.9 Å². The fourth-order valence-electron chi connectivity index (χ4n) is 7.22. The van der Waals surface area contributed by atoms with Crippen LogP contribution in [0.4, 0.5) is 0 Å². The number of carbonyl (C=O) groups excluding carboxylic acids is 5. The van der Waals surface area contributed by atoms with Gasteiger partial charge in [0.05, 0.1) is 18.2 Å². The molecule has 2 heterocycles. The molecule has 0 bridgehead atoms. The van der Waals surface area contributed by atoms with Crippen molar-refractivity contribution in [3.63, 3.8) is 0 Å². The molecule has 0 fully saturated rings. The molecule has 0 saturated carbocycles. The number of hydrazine groups is 2. The minimum Gasteiger partial charge on any atom is -0.485 e. The topological polar surface area (TPSA) is 199 Å². The van der Waals surface area contributed by atoms with E-state index >= 15 is 0 Å². The van der Waals surface area contributed by atoms with Gasteiger partial charge in [-0.25, -0.2) is 19.6 Å². The summed E-state index contributed by atoms with van der Waals surface area (Å²) in [5, 5.41) is 11.9. The van der Waals surface area contributed by atoms with Gasteiger partial charge in [-0.2, -0.15) is 0 Å². The molecule has 2 atom stereocenters. The summed E-state index contributed by atoms with van der Waals surface area (Å²) in [5.41, 5.74) is 10.3. The van der Waals surface area contributed by atoms with Crippen molar-refractivity contribution in [3.8, 4) is 23.0 Å². The minimum absolute atomic E-state index is 0. The van der Waals surface area contributed by atoms with Crippen LogP contribution in [0.3, 0.4) is 0 Å². The first kappa shape index (κ1) is 51.5. The maximum absolute atomic E-state index is 13.3. The average Bonchev–Trinajstić information content (AvgIpc) is 3.22. The van der Waals surface area contributed by atoms with E-state index in [1.54, 1.807) is 62.4 Å². The van der Waals surface area contributed by atoms with E-state index in [0.717, 1.165) is 22.3 Å². The Kier molecular flexibility index (Phi) is 15.9. The lowest BCUT2D eigenvalue weighted by molar-refractivity contribution is -0.151. The first-order chi connectivity index (χ1) is 30.3. The molecule has 66 heavy (non-hydrogen) atoms. The van der Waals surface area contributed by atoms with Crippen LogP contribution < -0.4 is 29.8 Å². The lowest BCUT2D eigenvalue weighted by atomic mass is 10.0. The van der Waals surface area contributed by atoms with Gasteiger partial charge in [-0.15, -0.1) is 0 Å². The zero-order valence-electron chi connectivity index (χ0n) is 39.2. The third-order valence-electron chi connectivity index (χ3n) is 10.4. The largest absolute Gasteiger partial charge is 0.485 e. The number of carboxylic acids is 1. The predicted octanol–water partition coefficient (Wildman–Crippen LogP) is 7.57. The number of ether oxygens (including phenoxy) is 5. The van der Waals surface area contributed by atoms with Crippen molar-refractivity contribution < 1.29 is 57.6 Å². The second kappa shape index (κ2) is 20.4. The molecule has 354 valence electrons. The van der Waals surface area contributed by atoms with Crippen LogP contribution in [0.2, 0.25) is 0 Å². The van der Waals surface area contributed by atoms with Gasteiger partial charge in [0, 0.05) is 33.4 Å². The van der Waals surface area contributed by atoms with Crippen LogP contribution in [0.25, 0.3) is 0 Å². The Morgan fingerprint density at radius 3 is 1.27 bits per heavy atom. The van der Waals surface area contributed by atoms with Gasteiger partial charge in [0.1, 0.15) is 13.2 Å². The Balaban J connectivity index is 0.000000284. The molecule has 0 aromatic heterocycles. The van der Waals surface area contributed by atoms with Crippen molar-refractivity contribution >= 4 is 35.6 Å². The molecule has 16 nitrogen and oxygen atoms in total. The van der Waals surface area contributed by atoms with E-state index in [4.69, 9.17) is 23.7 Å². The highest BCUT2D eigenvalue weighted by atomic mass is 16.6. The Bertz CT molecular complexity index is 2500. The molecular weight excluding hydrogens is 849 g/mol. The molecule has 4 aromatic carbocycles. The van der Waals surface area contributed by atoms with Gasteiger partial charge in [0.25, 0.3) is 23.6 Å². The zero-order chi connectivity index (χ0) is 48.3. The molecule has 2 aliphatic rings. The molecule has 6 rings (SSSR count). The zero-order valence-corrected chi connectivity index (χ0v) is 39.2. The number of carboxylic acid groups (broad SMARTS) is 1. The molecule has 4 amide bonds. The van der Waals surface area contributed by atoms with Gasteiger partial charge in [0.15, 0.2) is 23.0 Å². The summed E-state index contributed by atoms with van der Waals surface area (Å²) in [5.74, 6) is -2.05.